The van der Waals surface area contributed by atoms with Gasteiger partial charge in [-0.25, -0.2) is 9.78 Å². The van der Waals surface area contributed by atoms with Gasteiger partial charge in [-0.3, -0.25) is 0 Å². The Morgan fingerprint density at radius 3 is 3.05 bits per heavy atom. The number of rotatable bonds is 3. The van der Waals surface area contributed by atoms with Gasteiger partial charge in [-0.15, -0.1) is 0 Å². The third kappa shape index (κ3) is 3.16. The summed E-state index contributed by atoms with van der Waals surface area (Å²) < 4.78 is 11.6. The molecule has 1 aromatic rings. The van der Waals surface area contributed by atoms with Crippen molar-refractivity contribution in [1.82, 2.24) is 14.8 Å². The van der Waals surface area contributed by atoms with E-state index in [1.54, 1.807) is 25.2 Å². The normalized spacial score (nSPS) is 27.4. The minimum Gasteiger partial charge on any atom is -0.477 e. The predicted molar refractivity (Wildman–Crippen MR) is 81.8 cm³/mol. The second-order valence-electron chi connectivity index (χ2n) is 6.16. The van der Waals surface area contributed by atoms with Crippen LogP contribution in [0, 0.1) is 5.92 Å². The molecule has 0 spiro atoms. The third-order valence-electron chi connectivity index (χ3n) is 4.37. The lowest BCUT2D eigenvalue weighted by molar-refractivity contribution is -0.0421. The van der Waals surface area contributed by atoms with Crippen LogP contribution in [0.4, 0.5) is 4.79 Å². The molecule has 2 heterocycles. The molecular weight excluding hydrogens is 282 g/mol. The molecule has 1 aliphatic heterocycles. The van der Waals surface area contributed by atoms with E-state index in [0.717, 1.165) is 12.8 Å². The van der Waals surface area contributed by atoms with Crippen molar-refractivity contribution in [3.8, 4) is 5.88 Å². The molecule has 22 heavy (non-hydrogen) atoms. The van der Waals surface area contributed by atoms with E-state index < -0.39 is 0 Å². The Kier molecular flexibility index (Phi) is 4.47. The summed E-state index contributed by atoms with van der Waals surface area (Å²) in [6, 6.07) is 5.89. The van der Waals surface area contributed by atoms with Gasteiger partial charge in [0.25, 0.3) is 0 Å². The Labute approximate surface area is 131 Å². The summed E-state index contributed by atoms with van der Waals surface area (Å²) in [5.41, 5.74) is 0. The van der Waals surface area contributed by atoms with E-state index in [4.69, 9.17) is 9.47 Å². The summed E-state index contributed by atoms with van der Waals surface area (Å²) in [4.78, 5) is 20.0. The molecular formula is C16H23N3O3. The molecule has 120 valence electrons. The van der Waals surface area contributed by atoms with Crippen molar-refractivity contribution in [1.29, 1.82) is 0 Å². The molecule has 1 aliphatic carbocycles. The van der Waals surface area contributed by atoms with Gasteiger partial charge in [0.2, 0.25) is 5.88 Å². The molecule has 0 bridgehead atoms. The highest BCUT2D eigenvalue weighted by atomic mass is 16.5. The zero-order valence-corrected chi connectivity index (χ0v) is 13.1. The Morgan fingerprint density at radius 1 is 1.45 bits per heavy atom. The summed E-state index contributed by atoms with van der Waals surface area (Å²) in [6.45, 7) is 1.91. The number of morpholine rings is 1. The van der Waals surface area contributed by atoms with Crippen molar-refractivity contribution in [3.63, 3.8) is 0 Å². The maximum Gasteiger partial charge on any atom is 0.319 e. The van der Waals surface area contributed by atoms with Crippen molar-refractivity contribution in [2.24, 2.45) is 5.92 Å². The number of hydrogen-bond acceptors (Lipinski definition) is 4. The highest BCUT2D eigenvalue weighted by Crippen LogP contribution is 2.34. The van der Waals surface area contributed by atoms with Crippen molar-refractivity contribution in [3.05, 3.63) is 24.4 Å². The van der Waals surface area contributed by atoms with Gasteiger partial charge in [0, 0.05) is 32.9 Å². The molecule has 0 aromatic carbocycles. The summed E-state index contributed by atoms with van der Waals surface area (Å²) in [5.74, 6) is 1.05. The first kappa shape index (κ1) is 15.1. The van der Waals surface area contributed by atoms with E-state index >= 15 is 0 Å². The Bertz CT molecular complexity index is 509. The molecule has 1 saturated carbocycles. The molecule has 2 amide bonds. The molecule has 3 rings (SSSR count). The standard InChI is InChI=1S/C16H23N3O3/c1-18(2)16(20)19-7-8-21-14-10-12(9-13(14)19)11-22-15-5-3-4-6-17-15/h3-6,12-14H,7-11H2,1-2H3/t12-,13-,14-/m1/s1. The smallest absolute Gasteiger partial charge is 0.319 e. The van der Waals surface area contributed by atoms with Crippen molar-refractivity contribution >= 4 is 6.03 Å². The Morgan fingerprint density at radius 2 is 2.32 bits per heavy atom. The maximum absolute atomic E-state index is 12.3. The minimum atomic E-state index is 0.0737. The third-order valence-corrected chi connectivity index (χ3v) is 4.37. The van der Waals surface area contributed by atoms with Gasteiger partial charge < -0.3 is 19.3 Å². The van der Waals surface area contributed by atoms with Gasteiger partial charge in [0.15, 0.2) is 0 Å². The van der Waals surface area contributed by atoms with Crippen LogP contribution in [0.3, 0.4) is 0 Å². The number of amides is 2. The first-order valence-electron chi connectivity index (χ1n) is 7.78. The summed E-state index contributed by atoms with van der Waals surface area (Å²) in [6.07, 6.45) is 3.73. The quantitative estimate of drug-likeness (QED) is 0.851. The molecule has 2 fully saturated rings. The van der Waals surface area contributed by atoms with Crippen molar-refractivity contribution in [2.45, 2.75) is 25.0 Å². The largest absolute Gasteiger partial charge is 0.477 e. The second-order valence-corrected chi connectivity index (χ2v) is 6.16. The van der Waals surface area contributed by atoms with Crippen LogP contribution >= 0.6 is 0 Å². The van der Waals surface area contributed by atoms with Crippen molar-refractivity contribution < 1.29 is 14.3 Å². The molecule has 1 saturated heterocycles. The number of aromatic nitrogens is 1. The van der Waals surface area contributed by atoms with Crippen LogP contribution in [0.5, 0.6) is 5.88 Å². The fraction of sp³-hybridized carbons (Fsp3) is 0.625. The number of fused-ring (bicyclic) bond motifs is 1. The first-order chi connectivity index (χ1) is 10.6. The molecule has 6 nitrogen and oxygen atoms in total. The molecule has 0 N–H and O–H groups in total. The van der Waals surface area contributed by atoms with Crippen LogP contribution in [0.1, 0.15) is 12.8 Å². The molecule has 3 atom stereocenters. The fourth-order valence-electron chi connectivity index (χ4n) is 3.32. The lowest BCUT2D eigenvalue weighted by Crippen LogP contribution is -2.54. The fourth-order valence-corrected chi connectivity index (χ4v) is 3.32. The Balaban J connectivity index is 1.58. The number of nitrogens with zero attached hydrogens (tertiary/aromatic N) is 3. The summed E-state index contributed by atoms with van der Waals surface area (Å²) >= 11 is 0. The minimum absolute atomic E-state index is 0.0737. The lowest BCUT2D eigenvalue weighted by Gasteiger charge is -2.38. The number of pyridine rings is 1. The maximum atomic E-state index is 12.3. The van der Waals surface area contributed by atoms with Crippen molar-refractivity contribution in [2.75, 3.05) is 33.9 Å². The van der Waals surface area contributed by atoms with Gasteiger partial charge in [-0.05, 0) is 24.8 Å². The van der Waals surface area contributed by atoms with Gasteiger partial charge in [-0.2, -0.15) is 0 Å². The van der Waals surface area contributed by atoms with Crippen LogP contribution in [0.25, 0.3) is 0 Å². The number of hydrogen-bond donors (Lipinski definition) is 0. The van der Waals surface area contributed by atoms with Crippen LogP contribution in [-0.2, 0) is 4.74 Å². The summed E-state index contributed by atoms with van der Waals surface area (Å²) in [7, 11) is 3.59. The number of ether oxygens (including phenoxy) is 2. The zero-order chi connectivity index (χ0) is 15.5. The number of carbonyl (C=O) groups excluding carboxylic acids is 1. The van der Waals surface area contributed by atoms with E-state index in [0.29, 0.717) is 31.6 Å². The molecule has 0 radical (unpaired) electrons. The number of urea groups is 1. The number of carbonyl (C=O) groups is 1. The Hall–Kier alpha value is -1.82. The van der Waals surface area contributed by atoms with E-state index in [2.05, 4.69) is 4.98 Å². The first-order valence-corrected chi connectivity index (χ1v) is 7.78. The summed E-state index contributed by atoms with van der Waals surface area (Å²) in [5, 5.41) is 0. The monoisotopic (exact) mass is 305 g/mol. The van der Waals surface area contributed by atoms with E-state index in [9.17, 15) is 4.79 Å². The second kappa shape index (κ2) is 6.52. The van der Waals surface area contributed by atoms with Gasteiger partial charge >= 0.3 is 6.03 Å². The van der Waals surface area contributed by atoms with E-state index in [1.807, 2.05) is 23.1 Å². The zero-order valence-electron chi connectivity index (χ0n) is 13.1. The average molecular weight is 305 g/mol. The highest BCUT2D eigenvalue weighted by Gasteiger charge is 2.43. The van der Waals surface area contributed by atoms with Crippen LogP contribution in [0.2, 0.25) is 0 Å². The molecule has 6 heteroatoms. The lowest BCUT2D eigenvalue weighted by atomic mass is 10.1. The predicted octanol–water partition coefficient (Wildman–Crippen LogP) is 1.62. The average Bonchev–Trinajstić information content (AvgIpc) is 2.96. The van der Waals surface area contributed by atoms with Gasteiger partial charge in [0.05, 0.1) is 25.4 Å². The van der Waals surface area contributed by atoms with Crippen LogP contribution in [0.15, 0.2) is 24.4 Å². The van der Waals surface area contributed by atoms with E-state index in [1.165, 1.54) is 0 Å². The topological polar surface area (TPSA) is 54.9 Å². The van der Waals surface area contributed by atoms with E-state index in [-0.39, 0.29) is 18.2 Å². The van der Waals surface area contributed by atoms with Crippen LogP contribution in [-0.4, -0.2) is 66.8 Å². The molecule has 0 unspecified atom stereocenters. The SMILES string of the molecule is CN(C)C(=O)N1CCO[C@@H]2C[C@H](COc3ccccn3)C[C@H]21. The molecule has 1 aromatic heterocycles. The highest BCUT2D eigenvalue weighted by molar-refractivity contribution is 5.74. The van der Waals surface area contributed by atoms with Crippen LogP contribution < -0.4 is 4.74 Å². The van der Waals surface area contributed by atoms with Gasteiger partial charge in [0.1, 0.15) is 0 Å². The van der Waals surface area contributed by atoms with Gasteiger partial charge in [-0.1, -0.05) is 6.07 Å². The molecule has 2 aliphatic rings.